The first-order valence-corrected chi connectivity index (χ1v) is 10.7. The molecule has 0 unspecified atom stereocenters. The van der Waals surface area contributed by atoms with E-state index in [9.17, 15) is 18.8 Å². The van der Waals surface area contributed by atoms with Crippen LogP contribution in [0.4, 0.5) is 10.1 Å². The number of nitrogens with one attached hydrogen (secondary N) is 1. The van der Waals surface area contributed by atoms with Gasteiger partial charge in [-0.25, -0.2) is 9.18 Å². The largest absolute Gasteiger partial charge is 0.493 e. The van der Waals surface area contributed by atoms with Crippen molar-refractivity contribution in [1.82, 2.24) is 4.90 Å². The third kappa shape index (κ3) is 6.93. The van der Waals surface area contributed by atoms with Crippen molar-refractivity contribution < 1.29 is 33.0 Å². The van der Waals surface area contributed by atoms with Crippen LogP contribution in [0.1, 0.15) is 30.1 Å². The van der Waals surface area contributed by atoms with Crippen LogP contribution in [0, 0.1) is 11.7 Å². The van der Waals surface area contributed by atoms with Crippen molar-refractivity contribution >= 4 is 23.5 Å². The molecular formula is C24H27FN2O6. The molecule has 2 aromatic rings. The molecule has 1 aliphatic rings. The number of piperidine rings is 1. The minimum atomic E-state index is -0.660. The van der Waals surface area contributed by atoms with E-state index in [-0.39, 0.29) is 36.2 Å². The molecule has 33 heavy (non-hydrogen) atoms. The minimum absolute atomic E-state index is 0.190. The summed E-state index contributed by atoms with van der Waals surface area (Å²) in [5.74, 6) is -0.804. The van der Waals surface area contributed by atoms with Gasteiger partial charge in [-0.3, -0.25) is 9.59 Å². The molecule has 0 aromatic heterocycles. The normalized spacial score (nSPS) is 15.5. The monoisotopic (exact) mass is 458 g/mol. The second-order valence-corrected chi connectivity index (χ2v) is 7.87. The van der Waals surface area contributed by atoms with Crippen molar-refractivity contribution in [1.29, 1.82) is 0 Å². The number of ether oxygens (including phenoxy) is 3. The van der Waals surface area contributed by atoms with Crippen LogP contribution < -0.4 is 14.8 Å². The quantitative estimate of drug-likeness (QED) is 0.611. The van der Waals surface area contributed by atoms with Crippen LogP contribution in [0.15, 0.2) is 42.5 Å². The van der Waals surface area contributed by atoms with Crippen LogP contribution >= 0.6 is 0 Å². The van der Waals surface area contributed by atoms with Crippen molar-refractivity contribution in [2.45, 2.75) is 19.8 Å². The summed E-state index contributed by atoms with van der Waals surface area (Å²) in [6.07, 6.45) is 2.03. The van der Waals surface area contributed by atoms with Crippen molar-refractivity contribution in [2.75, 3.05) is 38.7 Å². The predicted molar refractivity (Wildman–Crippen MR) is 119 cm³/mol. The van der Waals surface area contributed by atoms with Gasteiger partial charge in [0.2, 0.25) is 0 Å². The Hall–Kier alpha value is -3.62. The summed E-state index contributed by atoms with van der Waals surface area (Å²) in [5.41, 5.74) is 0.624. The van der Waals surface area contributed by atoms with Gasteiger partial charge in [0.05, 0.1) is 12.7 Å². The third-order valence-corrected chi connectivity index (χ3v) is 5.22. The van der Waals surface area contributed by atoms with Gasteiger partial charge >= 0.3 is 5.97 Å². The van der Waals surface area contributed by atoms with Crippen LogP contribution in [0.2, 0.25) is 0 Å². The zero-order valence-electron chi connectivity index (χ0n) is 18.6. The van der Waals surface area contributed by atoms with Gasteiger partial charge in [-0.15, -0.1) is 0 Å². The molecule has 0 saturated carbocycles. The van der Waals surface area contributed by atoms with Crippen LogP contribution in [-0.2, 0) is 14.3 Å². The van der Waals surface area contributed by atoms with Crippen molar-refractivity contribution in [3.05, 3.63) is 53.8 Å². The highest BCUT2D eigenvalue weighted by Crippen LogP contribution is 2.28. The highest BCUT2D eigenvalue weighted by Gasteiger charge is 2.22. The average Bonchev–Trinajstić information content (AvgIpc) is 2.82. The van der Waals surface area contributed by atoms with E-state index in [0.717, 1.165) is 12.8 Å². The number of hydrogen-bond acceptors (Lipinski definition) is 6. The number of anilines is 1. The third-order valence-electron chi connectivity index (χ3n) is 5.22. The molecular weight excluding hydrogens is 431 g/mol. The molecule has 0 bridgehead atoms. The van der Waals surface area contributed by atoms with Crippen molar-refractivity contribution in [3.8, 4) is 11.5 Å². The molecule has 1 N–H and O–H groups in total. The minimum Gasteiger partial charge on any atom is -0.493 e. The van der Waals surface area contributed by atoms with Gasteiger partial charge in [-0.2, -0.15) is 0 Å². The van der Waals surface area contributed by atoms with E-state index in [1.807, 2.05) is 0 Å². The first kappa shape index (κ1) is 24.0. The van der Waals surface area contributed by atoms with Gasteiger partial charge in [0.1, 0.15) is 5.82 Å². The van der Waals surface area contributed by atoms with Gasteiger partial charge in [-0.05, 0) is 61.2 Å². The number of methoxy groups -OCH3 is 1. The van der Waals surface area contributed by atoms with Gasteiger partial charge in [-0.1, -0.05) is 6.92 Å². The van der Waals surface area contributed by atoms with E-state index in [1.165, 1.54) is 49.6 Å². The van der Waals surface area contributed by atoms with E-state index in [2.05, 4.69) is 12.2 Å². The second-order valence-electron chi connectivity index (χ2n) is 7.87. The maximum Gasteiger partial charge on any atom is 0.338 e. The van der Waals surface area contributed by atoms with Crippen LogP contribution in [0.25, 0.3) is 0 Å². The molecule has 1 fully saturated rings. The topological polar surface area (TPSA) is 94.2 Å². The Balaban J connectivity index is 1.52. The molecule has 1 heterocycles. The molecule has 176 valence electrons. The number of carbonyl (C=O) groups is 3. The molecule has 2 amide bonds. The lowest BCUT2D eigenvalue weighted by atomic mass is 10.0. The number of carbonyl (C=O) groups excluding carboxylic acids is 3. The zero-order valence-corrected chi connectivity index (χ0v) is 18.6. The Morgan fingerprint density at radius 1 is 1.09 bits per heavy atom. The maximum absolute atomic E-state index is 13.0. The molecule has 9 heteroatoms. The molecule has 2 aromatic carbocycles. The Bertz CT molecular complexity index is 995. The fourth-order valence-corrected chi connectivity index (χ4v) is 3.51. The summed E-state index contributed by atoms with van der Waals surface area (Å²) >= 11 is 0. The SMILES string of the molecule is COc1cc(C(=O)OCC(=O)N2CCC[C@@H](C)C2)ccc1OCC(=O)Nc1ccc(F)cc1. The van der Waals surface area contributed by atoms with E-state index in [4.69, 9.17) is 14.2 Å². The average molecular weight is 458 g/mol. The lowest BCUT2D eigenvalue weighted by Gasteiger charge is -2.30. The van der Waals surface area contributed by atoms with Crippen LogP contribution in [-0.4, -0.2) is 56.1 Å². The van der Waals surface area contributed by atoms with E-state index >= 15 is 0 Å². The number of likely N-dealkylation sites (tertiary alicyclic amines) is 1. The Morgan fingerprint density at radius 2 is 1.85 bits per heavy atom. The molecule has 0 aliphatic carbocycles. The first-order chi connectivity index (χ1) is 15.9. The Kier molecular flexibility index (Phi) is 8.23. The molecule has 8 nitrogen and oxygen atoms in total. The number of esters is 1. The fraction of sp³-hybridized carbons (Fsp3) is 0.375. The second kappa shape index (κ2) is 11.3. The summed E-state index contributed by atoms with van der Waals surface area (Å²) in [4.78, 5) is 38.5. The summed E-state index contributed by atoms with van der Waals surface area (Å²) in [7, 11) is 1.40. The highest BCUT2D eigenvalue weighted by atomic mass is 19.1. The van der Waals surface area contributed by atoms with Gasteiger partial charge in [0.15, 0.2) is 24.7 Å². The van der Waals surface area contributed by atoms with E-state index in [1.54, 1.807) is 4.90 Å². The number of benzene rings is 2. The zero-order chi connectivity index (χ0) is 23.8. The van der Waals surface area contributed by atoms with Crippen LogP contribution in [0.3, 0.4) is 0 Å². The van der Waals surface area contributed by atoms with Gasteiger partial charge in [0, 0.05) is 18.8 Å². The summed E-state index contributed by atoms with van der Waals surface area (Å²) in [5, 5.41) is 2.58. The first-order valence-electron chi connectivity index (χ1n) is 10.7. The molecule has 0 radical (unpaired) electrons. The van der Waals surface area contributed by atoms with Gasteiger partial charge < -0.3 is 24.4 Å². The van der Waals surface area contributed by atoms with Crippen LogP contribution in [0.5, 0.6) is 11.5 Å². The summed E-state index contributed by atoms with van der Waals surface area (Å²) < 4.78 is 28.9. The number of hydrogen-bond donors (Lipinski definition) is 1. The number of nitrogens with zero attached hydrogens (tertiary/aromatic N) is 1. The van der Waals surface area contributed by atoms with Crippen molar-refractivity contribution in [3.63, 3.8) is 0 Å². The summed E-state index contributed by atoms with van der Waals surface area (Å²) in [6, 6.07) is 9.70. The molecule has 3 rings (SSSR count). The molecule has 1 aliphatic heterocycles. The van der Waals surface area contributed by atoms with Gasteiger partial charge in [0.25, 0.3) is 11.8 Å². The van der Waals surface area contributed by atoms with Crippen molar-refractivity contribution in [2.24, 2.45) is 5.92 Å². The maximum atomic E-state index is 13.0. The summed E-state index contributed by atoms with van der Waals surface area (Å²) in [6.45, 7) is 2.80. The lowest BCUT2D eigenvalue weighted by molar-refractivity contribution is -0.136. The van der Waals surface area contributed by atoms with E-state index < -0.39 is 17.7 Å². The predicted octanol–water partition coefficient (Wildman–Crippen LogP) is 3.27. The molecule has 0 spiro atoms. The molecule has 1 saturated heterocycles. The number of amides is 2. The fourth-order valence-electron chi connectivity index (χ4n) is 3.51. The number of rotatable bonds is 8. The van der Waals surface area contributed by atoms with E-state index in [0.29, 0.717) is 24.7 Å². The smallest absolute Gasteiger partial charge is 0.338 e. The standard InChI is InChI=1S/C24H27FN2O6/c1-16-4-3-11-27(13-16)23(29)15-33-24(30)17-5-10-20(21(12-17)31-2)32-14-22(28)26-19-8-6-18(25)7-9-19/h5-10,12,16H,3-4,11,13-15H2,1-2H3,(H,26,28)/t16-/m1/s1. The highest BCUT2D eigenvalue weighted by molar-refractivity contribution is 5.93. The lowest BCUT2D eigenvalue weighted by Crippen LogP contribution is -2.41. The molecule has 1 atom stereocenters. The Morgan fingerprint density at radius 3 is 2.55 bits per heavy atom. The Labute approximate surface area is 191 Å². The number of halogens is 1.